The zero-order valence-corrected chi connectivity index (χ0v) is 25.9. The fraction of sp³-hybridized carbons (Fsp3) is 0.412. The van der Waals surface area contributed by atoms with Crippen LogP contribution in [0.2, 0.25) is 10.0 Å². The third-order valence-electron chi connectivity index (χ3n) is 7.93. The molecule has 0 aliphatic carbocycles. The first-order chi connectivity index (χ1) is 20.4. The second kappa shape index (κ2) is 16.7. The van der Waals surface area contributed by atoms with Gasteiger partial charge in [0.2, 0.25) is 5.91 Å². The summed E-state index contributed by atoms with van der Waals surface area (Å²) in [6.07, 6.45) is 5.49. The van der Waals surface area contributed by atoms with E-state index in [-0.39, 0.29) is 23.8 Å². The second-order valence-electron chi connectivity index (χ2n) is 11.0. The summed E-state index contributed by atoms with van der Waals surface area (Å²) in [5.74, 6) is -0.0869. The SMILES string of the molecule is CN(CC(c1ccccc1)c1ccccc1)C(=O)[C@H](CCCN1CCCCC1)NCCNC(=O)c1ccc(Cl)c(Cl)c1. The summed E-state index contributed by atoms with van der Waals surface area (Å²) in [4.78, 5) is 30.9. The number of nitrogens with one attached hydrogen (secondary N) is 2. The average molecular weight is 610 g/mol. The summed E-state index contributed by atoms with van der Waals surface area (Å²) >= 11 is 12.1. The van der Waals surface area contributed by atoms with Crippen molar-refractivity contribution in [3.05, 3.63) is 106 Å². The standard InChI is InChI=1S/C34H42Cl2N4O2/c1-39(25-29(26-12-5-2-6-13-26)27-14-7-3-8-15-27)34(42)32(16-11-23-40-21-9-4-10-22-40)37-19-20-38-33(41)28-17-18-30(35)31(36)24-28/h2-3,5-8,12-15,17-18,24,29,32,37H,4,9-11,16,19-23,25H2,1H3,(H,38,41)/t32-/m0/s1. The van der Waals surface area contributed by atoms with Gasteiger partial charge in [0, 0.05) is 38.2 Å². The van der Waals surface area contributed by atoms with E-state index in [0.29, 0.717) is 35.2 Å². The molecule has 4 rings (SSSR count). The molecule has 3 aromatic carbocycles. The van der Waals surface area contributed by atoms with Gasteiger partial charge < -0.3 is 20.4 Å². The van der Waals surface area contributed by atoms with E-state index < -0.39 is 0 Å². The lowest BCUT2D eigenvalue weighted by molar-refractivity contribution is -0.132. The number of carbonyl (C=O) groups is 2. The Morgan fingerprint density at radius 3 is 2.12 bits per heavy atom. The zero-order chi connectivity index (χ0) is 29.7. The van der Waals surface area contributed by atoms with Crippen molar-refractivity contribution in [3.8, 4) is 0 Å². The van der Waals surface area contributed by atoms with Crippen LogP contribution in [-0.4, -0.2) is 74.0 Å². The number of halogens is 2. The highest BCUT2D eigenvalue weighted by atomic mass is 35.5. The van der Waals surface area contributed by atoms with Crippen molar-refractivity contribution in [2.45, 2.75) is 44.1 Å². The highest BCUT2D eigenvalue weighted by Crippen LogP contribution is 2.26. The first kappa shape index (κ1) is 32.0. The van der Waals surface area contributed by atoms with Crippen LogP contribution in [0.5, 0.6) is 0 Å². The van der Waals surface area contributed by atoms with Gasteiger partial charge in [0.05, 0.1) is 16.1 Å². The lowest BCUT2D eigenvalue weighted by Gasteiger charge is -2.30. The van der Waals surface area contributed by atoms with Gasteiger partial charge in [-0.3, -0.25) is 9.59 Å². The molecule has 2 amide bonds. The molecular weight excluding hydrogens is 567 g/mol. The van der Waals surface area contributed by atoms with Gasteiger partial charge in [0.25, 0.3) is 5.91 Å². The topological polar surface area (TPSA) is 64.7 Å². The van der Waals surface area contributed by atoms with Gasteiger partial charge in [-0.25, -0.2) is 0 Å². The van der Waals surface area contributed by atoms with Gasteiger partial charge >= 0.3 is 0 Å². The van der Waals surface area contributed by atoms with Crippen molar-refractivity contribution in [2.75, 3.05) is 46.3 Å². The van der Waals surface area contributed by atoms with Gasteiger partial charge in [-0.15, -0.1) is 0 Å². The quantitative estimate of drug-likeness (QED) is 0.213. The molecule has 1 aliphatic rings. The minimum Gasteiger partial charge on any atom is -0.351 e. The molecular formula is C34H42Cl2N4O2. The number of amides is 2. The molecule has 0 radical (unpaired) electrons. The fourth-order valence-electron chi connectivity index (χ4n) is 5.58. The number of likely N-dealkylation sites (tertiary alicyclic amines) is 1. The average Bonchev–Trinajstić information content (AvgIpc) is 3.03. The van der Waals surface area contributed by atoms with Crippen LogP contribution in [0.1, 0.15) is 59.5 Å². The normalized spacial score (nSPS) is 14.5. The van der Waals surface area contributed by atoms with E-state index in [4.69, 9.17) is 23.2 Å². The van der Waals surface area contributed by atoms with Crippen LogP contribution >= 0.6 is 23.2 Å². The molecule has 1 fully saturated rings. The molecule has 3 aromatic rings. The van der Waals surface area contributed by atoms with E-state index in [0.717, 1.165) is 32.5 Å². The molecule has 6 nitrogen and oxygen atoms in total. The molecule has 42 heavy (non-hydrogen) atoms. The molecule has 0 saturated carbocycles. The van der Waals surface area contributed by atoms with Crippen LogP contribution in [0.4, 0.5) is 0 Å². The molecule has 1 aliphatic heterocycles. The van der Waals surface area contributed by atoms with Crippen molar-refractivity contribution in [2.24, 2.45) is 0 Å². The Labute approximate surface area is 260 Å². The van der Waals surface area contributed by atoms with Gasteiger partial charge in [-0.1, -0.05) is 90.3 Å². The smallest absolute Gasteiger partial charge is 0.251 e. The lowest BCUT2D eigenvalue weighted by atomic mass is 9.90. The van der Waals surface area contributed by atoms with Crippen LogP contribution in [0, 0.1) is 0 Å². The summed E-state index contributed by atoms with van der Waals surface area (Å²) < 4.78 is 0. The Balaban J connectivity index is 1.38. The summed E-state index contributed by atoms with van der Waals surface area (Å²) in [5, 5.41) is 7.11. The van der Waals surface area contributed by atoms with E-state index in [9.17, 15) is 9.59 Å². The molecule has 224 valence electrons. The predicted molar refractivity (Wildman–Crippen MR) is 172 cm³/mol. The molecule has 2 N–H and O–H groups in total. The summed E-state index contributed by atoms with van der Waals surface area (Å²) in [6, 6.07) is 25.2. The highest BCUT2D eigenvalue weighted by molar-refractivity contribution is 6.42. The first-order valence-corrected chi connectivity index (χ1v) is 15.7. The number of nitrogens with zero attached hydrogens (tertiary/aromatic N) is 2. The number of hydrogen-bond donors (Lipinski definition) is 2. The molecule has 0 aromatic heterocycles. The van der Waals surface area contributed by atoms with Gasteiger partial charge in [0.15, 0.2) is 0 Å². The molecule has 1 heterocycles. The molecule has 1 saturated heterocycles. The van der Waals surface area contributed by atoms with Crippen molar-refractivity contribution in [1.82, 2.24) is 20.4 Å². The largest absolute Gasteiger partial charge is 0.351 e. The fourth-order valence-corrected chi connectivity index (χ4v) is 5.88. The molecule has 0 spiro atoms. The van der Waals surface area contributed by atoms with Gasteiger partial charge in [-0.2, -0.15) is 0 Å². The third kappa shape index (κ3) is 9.56. The van der Waals surface area contributed by atoms with Crippen molar-refractivity contribution in [3.63, 3.8) is 0 Å². The van der Waals surface area contributed by atoms with Crippen LogP contribution in [-0.2, 0) is 4.79 Å². The van der Waals surface area contributed by atoms with Gasteiger partial charge in [0.1, 0.15) is 0 Å². The van der Waals surface area contributed by atoms with E-state index in [2.05, 4.69) is 39.8 Å². The maximum atomic E-state index is 13.9. The molecule has 0 unspecified atom stereocenters. The van der Waals surface area contributed by atoms with Crippen molar-refractivity contribution in [1.29, 1.82) is 0 Å². The Bertz CT molecular complexity index is 1230. The predicted octanol–water partition coefficient (Wildman–Crippen LogP) is 6.24. The van der Waals surface area contributed by atoms with Crippen molar-refractivity contribution >= 4 is 35.0 Å². The van der Waals surface area contributed by atoms with Crippen LogP contribution in [0.15, 0.2) is 78.9 Å². The molecule has 1 atom stereocenters. The number of carbonyl (C=O) groups excluding carboxylic acids is 2. The van der Waals surface area contributed by atoms with E-state index in [1.807, 2.05) is 48.3 Å². The monoisotopic (exact) mass is 608 g/mol. The lowest BCUT2D eigenvalue weighted by Crippen LogP contribution is -2.48. The molecule has 8 heteroatoms. The minimum absolute atomic E-state index is 0.0702. The number of rotatable bonds is 14. The summed E-state index contributed by atoms with van der Waals surface area (Å²) in [7, 11) is 1.90. The third-order valence-corrected chi connectivity index (χ3v) is 8.67. The first-order valence-electron chi connectivity index (χ1n) is 15.0. The van der Waals surface area contributed by atoms with E-state index in [1.54, 1.807) is 18.2 Å². The second-order valence-corrected chi connectivity index (χ2v) is 11.8. The van der Waals surface area contributed by atoms with Crippen molar-refractivity contribution < 1.29 is 9.59 Å². The summed E-state index contributed by atoms with van der Waals surface area (Å²) in [5.41, 5.74) is 2.82. The Kier molecular flexibility index (Phi) is 12.7. The van der Waals surface area contributed by atoms with Crippen LogP contribution in [0.25, 0.3) is 0 Å². The highest BCUT2D eigenvalue weighted by Gasteiger charge is 2.25. The minimum atomic E-state index is -0.339. The Hall–Kier alpha value is -2.90. The van der Waals surface area contributed by atoms with Gasteiger partial charge in [-0.05, 0) is 74.6 Å². The van der Waals surface area contributed by atoms with E-state index >= 15 is 0 Å². The maximum absolute atomic E-state index is 13.9. The Morgan fingerprint density at radius 1 is 0.857 bits per heavy atom. The Morgan fingerprint density at radius 2 is 1.50 bits per heavy atom. The number of likely N-dealkylation sites (N-methyl/N-ethyl adjacent to an activating group) is 1. The molecule has 0 bridgehead atoms. The van der Waals surface area contributed by atoms with Crippen LogP contribution in [0.3, 0.4) is 0 Å². The zero-order valence-electron chi connectivity index (χ0n) is 24.4. The summed E-state index contributed by atoms with van der Waals surface area (Å²) in [6.45, 7) is 4.72. The number of hydrogen-bond acceptors (Lipinski definition) is 4. The number of benzene rings is 3. The maximum Gasteiger partial charge on any atom is 0.251 e. The van der Waals surface area contributed by atoms with Crippen LogP contribution < -0.4 is 10.6 Å². The number of piperidine rings is 1. The van der Waals surface area contributed by atoms with E-state index in [1.165, 1.54) is 30.4 Å².